The molecule has 0 saturated heterocycles. The maximum Gasteiger partial charge on any atom is 0.121 e. The van der Waals surface area contributed by atoms with Crippen LogP contribution in [-0.4, -0.2) is 17.1 Å². The Morgan fingerprint density at radius 2 is 2.00 bits per heavy atom. The van der Waals surface area contributed by atoms with E-state index in [0.717, 1.165) is 27.4 Å². The number of pyridine rings is 2. The summed E-state index contributed by atoms with van der Waals surface area (Å²) in [6, 6.07) is 7.86. The fraction of sp³-hybridized carbons (Fsp3) is 0.0769. The van der Waals surface area contributed by atoms with Gasteiger partial charge in [-0.1, -0.05) is 0 Å². The second kappa shape index (κ2) is 3.45. The van der Waals surface area contributed by atoms with Crippen LogP contribution in [0.2, 0.25) is 0 Å². The lowest BCUT2D eigenvalue weighted by atomic mass is 10.1. The van der Waals surface area contributed by atoms with Gasteiger partial charge in [0.15, 0.2) is 0 Å². The molecule has 0 atom stereocenters. The van der Waals surface area contributed by atoms with E-state index >= 15 is 0 Å². The van der Waals surface area contributed by atoms with Gasteiger partial charge in [0.05, 0.1) is 12.6 Å². The van der Waals surface area contributed by atoms with Crippen LogP contribution in [0.5, 0.6) is 5.75 Å². The highest BCUT2D eigenvalue weighted by atomic mass is 16.5. The number of nitrogens with zero attached hydrogens (tertiary/aromatic N) is 2. The SMILES string of the molecule is COc1ccc2c(c1)ncc1ccncc12. The van der Waals surface area contributed by atoms with Gasteiger partial charge in [0.2, 0.25) is 0 Å². The number of methoxy groups -OCH3 is 1. The third-order valence-corrected chi connectivity index (χ3v) is 2.69. The molecule has 0 amide bonds. The van der Waals surface area contributed by atoms with Gasteiger partial charge in [-0.05, 0) is 18.2 Å². The van der Waals surface area contributed by atoms with Crippen LogP contribution in [0.15, 0.2) is 42.9 Å². The largest absolute Gasteiger partial charge is 0.497 e. The molecule has 2 aromatic heterocycles. The molecule has 0 unspecified atom stereocenters. The van der Waals surface area contributed by atoms with E-state index in [2.05, 4.69) is 9.97 Å². The Morgan fingerprint density at radius 3 is 2.88 bits per heavy atom. The Morgan fingerprint density at radius 1 is 1.06 bits per heavy atom. The normalized spacial score (nSPS) is 10.8. The second-order valence-electron chi connectivity index (χ2n) is 3.60. The molecule has 0 bridgehead atoms. The minimum Gasteiger partial charge on any atom is -0.497 e. The lowest BCUT2D eigenvalue weighted by Crippen LogP contribution is -1.86. The summed E-state index contributed by atoms with van der Waals surface area (Å²) in [6.07, 6.45) is 5.50. The molecule has 3 aromatic rings. The van der Waals surface area contributed by atoms with Crippen molar-refractivity contribution in [1.29, 1.82) is 0 Å². The number of rotatable bonds is 1. The number of fused-ring (bicyclic) bond motifs is 3. The summed E-state index contributed by atoms with van der Waals surface area (Å²) in [4.78, 5) is 8.56. The van der Waals surface area contributed by atoms with Crippen molar-refractivity contribution in [2.24, 2.45) is 0 Å². The standard InChI is InChI=1S/C13H10N2O/c1-16-10-2-3-11-12-8-14-5-4-9(12)7-15-13(11)6-10/h2-8H,1H3. The molecule has 1 aromatic carbocycles. The predicted octanol–water partition coefficient (Wildman–Crippen LogP) is 2.79. The molecule has 3 rings (SSSR count). The first-order valence-electron chi connectivity index (χ1n) is 5.05. The zero-order chi connectivity index (χ0) is 11.0. The van der Waals surface area contributed by atoms with Crippen LogP contribution in [0.1, 0.15) is 0 Å². The molecular weight excluding hydrogens is 200 g/mol. The van der Waals surface area contributed by atoms with E-state index in [4.69, 9.17) is 4.74 Å². The van der Waals surface area contributed by atoms with Crippen LogP contribution in [0.3, 0.4) is 0 Å². The molecule has 0 aliphatic heterocycles. The summed E-state index contributed by atoms with van der Waals surface area (Å²) in [6.45, 7) is 0. The van der Waals surface area contributed by atoms with Crippen molar-refractivity contribution in [1.82, 2.24) is 9.97 Å². The molecule has 3 heteroatoms. The average Bonchev–Trinajstić information content (AvgIpc) is 2.38. The molecular formula is C13H10N2O. The van der Waals surface area contributed by atoms with Crippen molar-refractivity contribution < 1.29 is 4.74 Å². The first-order chi connectivity index (χ1) is 7.88. The van der Waals surface area contributed by atoms with Gasteiger partial charge in [-0.15, -0.1) is 0 Å². The molecule has 0 N–H and O–H groups in total. The Labute approximate surface area is 92.7 Å². The number of hydrogen-bond donors (Lipinski definition) is 0. The summed E-state index contributed by atoms with van der Waals surface area (Å²) in [5.41, 5.74) is 0.930. The van der Waals surface area contributed by atoms with Gasteiger partial charge in [-0.25, -0.2) is 0 Å². The lowest BCUT2D eigenvalue weighted by molar-refractivity contribution is 0.415. The van der Waals surface area contributed by atoms with Gasteiger partial charge >= 0.3 is 0 Å². The van der Waals surface area contributed by atoms with Crippen LogP contribution < -0.4 is 4.74 Å². The highest BCUT2D eigenvalue weighted by Gasteiger charge is 2.02. The minimum atomic E-state index is 0.822. The van der Waals surface area contributed by atoms with Gasteiger partial charge in [0.1, 0.15) is 5.75 Å². The van der Waals surface area contributed by atoms with Crippen molar-refractivity contribution in [2.45, 2.75) is 0 Å². The fourth-order valence-corrected chi connectivity index (χ4v) is 1.85. The van der Waals surface area contributed by atoms with Crippen LogP contribution in [0.25, 0.3) is 21.7 Å². The Hall–Kier alpha value is -2.16. The van der Waals surface area contributed by atoms with E-state index in [1.807, 2.05) is 36.7 Å². The van der Waals surface area contributed by atoms with Crippen molar-refractivity contribution in [2.75, 3.05) is 7.11 Å². The van der Waals surface area contributed by atoms with Gasteiger partial charge in [-0.3, -0.25) is 9.97 Å². The van der Waals surface area contributed by atoms with E-state index in [-0.39, 0.29) is 0 Å². The Balaban J connectivity index is 2.43. The topological polar surface area (TPSA) is 35.0 Å². The molecule has 2 heterocycles. The number of aromatic nitrogens is 2. The molecule has 0 aliphatic carbocycles. The summed E-state index contributed by atoms with van der Waals surface area (Å²) in [5, 5.41) is 3.33. The van der Waals surface area contributed by atoms with E-state index in [1.165, 1.54) is 0 Å². The van der Waals surface area contributed by atoms with Crippen molar-refractivity contribution in [3.63, 3.8) is 0 Å². The third kappa shape index (κ3) is 1.29. The van der Waals surface area contributed by atoms with E-state index < -0.39 is 0 Å². The maximum absolute atomic E-state index is 5.18. The zero-order valence-corrected chi connectivity index (χ0v) is 8.84. The first-order valence-corrected chi connectivity index (χ1v) is 5.05. The van der Waals surface area contributed by atoms with E-state index in [1.54, 1.807) is 13.3 Å². The number of benzene rings is 1. The molecule has 0 aliphatic rings. The van der Waals surface area contributed by atoms with Gasteiger partial charge in [0, 0.05) is 40.8 Å². The van der Waals surface area contributed by atoms with Gasteiger partial charge in [0.25, 0.3) is 0 Å². The molecule has 16 heavy (non-hydrogen) atoms. The maximum atomic E-state index is 5.18. The highest BCUT2D eigenvalue weighted by molar-refractivity contribution is 6.05. The minimum absolute atomic E-state index is 0.822. The van der Waals surface area contributed by atoms with Crippen molar-refractivity contribution in [3.8, 4) is 5.75 Å². The molecule has 78 valence electrons. The number of ether oxygens (including phenoxy) is 1. The second-order valence-corrected chi connectivity index (χ2v) is 3.60. The Bertz CT molecular complexity index is 664. The van der Waals surface area contributed by atoms with Crippen LogP contribution in [0, 0.1) is 0 Å². The molecule has 0 fully saturated rings. The summed E-state index contributed by atoms with van der Waals surface area (Å²) in [7, 11) is 1.66. The number of hydrogen-bond acceptors (Lipinski definition) is 3. The van der Waals surface area contributed by atoms with Gasteiger partial charge < -0.3 is 4.74 Å². The van der Waals surface area contributed by atoms with E-state index in [9.17, 15) is 0 Å². The quantitative estimate of drug-likeness (QED) is 0.579. The van der Waals surface area contributed by atoms with E-state index in [0.29, 0.717) is 0 Å². The van der Waals surface area contributed by atoms with Gasteiger partial charge in [-0.2, -0.15) is 0 Å². The highest BCUT2D eigenvalue weighted by Crippen LogP contribution is 2.25. The van der Waals surface area contributed by atoms with Crippen molar-refractivity contribution in [3.05, 3.63) is 42.9 Å². The smallest absolute Gasteiger partial charge is 0.121 e. The summed E-state index contributed by atoms with van der Waals surface area (Å²) in [5.74, 6) is 0.822. The molecule has 0 radical (unpaired) electrons. The fourth-order valence-electron chi connectivity index (χ4n) is 1.85. The third-order valence-electron chi connectivity index (χ3n) is 2.69. The monoisotopic (exact) mass is 210 g/mol. The zero-order valence-electron chi connectivity index (χ0n) is 8.84. The molecule has 0 saturated carbocycles. The van der Waals surface area contributed by atoms with Crippen molar-refractivity contribution >= 4 is 21.7 Å². The van der Waals surface area contributed by atoms with Crippen LogP contribution in [0.4, 0.5) is 0 Å². The Kier molecular flexibility index (Phi) is 1.96. The molecule has 3 nitrogen and oxygen atoms in total. The predicted molar refractivity (Wildman–Crippen MR) is 63.6 cm³/mol. The van der Waals surface area contributed by atoms with Crippen LogP contribution in [-0.2, 0) is 0 Å². The lowest BCUT2D eigenvalue weighted by Gasteiger charge is -2.04. The molecule has 0 spiro atoms. The summed E-state index contributed by atoms with van der Waals surface area (Å²) >= 11 is 0. The average molecular weight is 210 g/mol. The summed E-state index contributed by atoms with van der Waals surface area (Å²) < 4.78 is 5.18. The van der Waals surface area contributed by atoms with Crippen LogP contribution >= 0.6 is 0 Å². The first kappa shape index (κ1) is 9.09.